The highest BCUT2D eigenvalue weighted by atomic mass is 19.3. The topological polar surface area (TPSA) is 81.1 Å². The SMILES string of the molecule is Cc1nn(C)c(F)c1/C=N\Nc1nc(-c2ccco2)cc(C(F)F)n1. The summed E-state index contributed by atoms with van der Waals surface area (Å²) < 4.78 is 46.1. The number of aryl methyl sites for hydroxylation is 2. The molecule has 3 rings (SSSR count). The molecule has 0 aromatic carbocycles. The Morgan fingerprint density at radius 3 is 2.76 bits per heavy atom. The van der Waals surface area contributed by atoms with Crippen LogP contribution in [0.4, 0.5) is 19.1 Å². The van der Waals surface area contributed by atoms with Crippen molar-refractivity contribution in [2.45, 2.75) is 13.3 Å². The Morgan fingerprint density at radius 2 is 2.16 bits per heavy atom. The lowest BCUT2D eigenvalue weighted by Crippen LogP contribution is -2.02. The molecule has 0 saturated heterocycles. The van der Waals surface area contributed by atoms with Crippen molar-refractivity contribution >= 4 is 12.2 Å². The second-order valence-electron chi connectivity index (χ2n) is 5.06. The van der Waals surface area contributed by atoms with Crippen molar-refractivity contribution in [1.29, 1.82) is 0 Å². The van der Waals surface area contributed by atoms with Crippen molar-refractivity contribution < 1.29 is 17.6 Å². The van der Waals surface area contributed by atoms with Gasteiger partial charge in [0.2, 0.25) is 11.9 Å². The fourth-order valence-corrected chi connectivity index (χ4v) is 2.13. The first kappa shape index (κ1) is 16.7. The summed E-state index contributed by atoms with van der Waals surface area (Å²) in [7, 11) is 1.46. The molecule has 1 N–H and O–H groups in total. The average Bonchev–Trinajstić information content (AvgIpc) is 3.19. The van der Waals surface area contributed by atoms with E-state index in [1.807, 2.05) is 0 Å². The lowest BCUT2D eigenvalue weighted by Gasteiger charge is -2.05. The molecule has 0 amide bonds. The number of hydrogen-bond acceptors (Lipinski definition) is 6. The Morgan fingerprint density at radius 1 is 1.36 bits per heavy atom. The van der Waals surface area contributed by atoms with Crippen LogP contribution < -0.4 is 5.43 Å². The highest BCUT2D eigenvalue weighted by Crippen LogP contribution is 2.24. The molecule has 0 aliphatic rings. The molecule has 130 valence electrons. The molecule has 3 aromatic rings. The maximum atomic E-state index is 13.8. The summed E-state index contributed by atoms with van der Waals surface area (Å²) in [5.74, 6) is -0.422. The molecule has 0 unspecified atom stereocenters. The smallest absolute Gasteiger partial charge is 0.280 e. The zero-order valence-corrected chi connectivity index (χ0v) is 13.2. The molecule has 0 radical (unpaired) electrons. The van der Waals surface area contributed by atoms with E-state index in [0.29, 0.717) is 11.5 Å². The van der Waals surface area contributed by atoms with Crippen LogP contribution in [0.5, 0.6) is 0 Å². The van der Waals surface area contributed by atoms with Crippen LogP contribution in [0.3, 0.4) is 0 Å². The molecule has 3 aromatic heterocycles. The molecule has 0 fully saturated rings. The molecule has 0 saturated carbocycles. The maximum absolute atomic E-state index is 13.8. The number of alkyl halides is 2. The third-order valence-corrected chi connectivity index (χ3v) is 3.30. The van der Waals surface area contributed by atoms with Gasteiger partial charge >= 0.3 is 0 Å². The van der Waals surface area contributed by atoms with E-state index in [1.165, 1.54) is 19.5 Å². The Kier molecular flexibility index (Phi) is 4.50. The van der Waals surface area contributed by atoms with Gasteiger partial charge in [-0.3, -0.25) is 0 Å². The average molecular weight is 350 g/mol. The van der Waals surface area contributed by atoms with Crippen molar-refractivity contribution in [2.24, 2.45) is 12.1 Å². The first-order valence-electron chi connectivity index (χ1n) is 7.15. The van der Waals surface area contributed by atoms with E-state index in [2.05, 4.69) is 25.6 Å². The van der Waals surface area contributed by atoms with Gasteiger partial charge in [0.05, 0.1) is 23.7 Å². The number of furan rings is 1. The van der Waals surface area contributed by atoms with E-state index < -0.39 is 18.1 Å². The molecular weight excluding hydrogens is 337 g/mol. The van der Waals surface area contributed by atoms with Crippen molar-refractivity contribution in [1.82, 2.24) is 19.7 Å². The highest BCUT2D eigenvalue weighted by molar-refractivity contribution is 5.81. The maximum Gasteiger partial charge on any atom is 0.280 e. The summed E-state index contributed by atoms with van der Waals surface area (Å²) in [5.41, 5.74) is 2.72. The molecular formula is C15H13F3N6O. The fraction of sp³-hybridized carbons (Fsp3) is 0.200. The van der Waals surface area contributed by atoms with Gasteiger partial charge in [0.15, 0.2) is 5.76 Å². The Hall–Kier alpha value is -3.17. The van der Waals surface area contributed by atoms with Crippen molar-refractivity contribution in [3.8, 4) is 11.5 Å². The zero-order valence-electron chi connectivity index (χ0n) is 13.2. The predicted molar refractivity (Wildman–Crippen MR) is 83.8 cm³/mol. The standard InChI is InChI=1S/C15H13F3N6O/c1-8-9(14(18)24(2)23-8)7-19-22-15-20-10(12-4-3-5-25-12)6-11(21-15)13(16)17/h3-7,13H,1-2H3,(H,20,21,22)/b19-7-. The molecule has 0 atom stereocenters. The molecule has 0 aliphatic heterocycles. The molecule has 0 aliphatic carbocycles. The first-order chi connectivity index (χ1) is 12.0. The van der Waals surface area contributed by atoms with Gasteiger partial charge in [0, 0.05) is 7.05 Å². The van der Waals surface area contributed by atoms with E-state index in [0.717, 1.165) is 10.7 Å². The Bertz CT molecular complexity index is 904. The second-order valence-corrected chi connectivity index (χ2v) is 5.06. The van der Waals surface area contributed by atoms with Crippen LogP contribution in [-0.4, -0.2) is 26.0 Å². The number of hydrazone groups is 1. The van der Waals surface area contributed by atoms with Crippen molar-refractivity contribution in [2.75, 3.05) is 5.43 Å². The molecule has 10 heteroatoms. The van der Waals surface area contributed by atoms with Crippen molar-refractivity contribution in [3.05, 3.63) is 47.4 Å². The minimum atomic E-state index is -2.79. The summed E-state index contributed by atoms with van der Waals surface area (Å²) in [6, 6.07) is 4.32. The molecule has 25 heavy (non-hydrogen) atoms. The normalized spacial score (nSPS) is 11.6. The largest absolute Gasteiger partial charge is 0.463 e. The van der Waals surface area contributed by atoms with Gasteiger partial charge in [-0.1, -0.05) is 0 Å². The summed E-state index contributed by atoms with van der Waals surface area (Å²) in [6.07, 6.45) is -0.208. The third-order valence-electron chi connectivity index (χ3n) is 3.30. The Labute approximate surface area is 140 Å². The third kappa shape index (κ3) is 3.52. The van der Waals surface area contributed by atoms with E-state index in [9.17, 15) is 13.2 Å². The number of hydrogen-bond donors (Lipinski definition) is 1. The van der Waals surface area contributed by atoms with E-state index in [-0.39, 0.29) is 17.2 Å². The van der Waals surface area contributed by atoms with Gasteiger partial charge in [-0.05, 0) is 25.1 Å². The van der Waals surface area contributed by atoms with Gasteiger partial charge in [-0.2, -0.15) is 14.6 Å². The van der Waals surface area contributed by atoms with Crippen LogP contribution in [0.25, 0.3) is 11.5 Å². The summed E-state index contributed by atoms with van der Waals surface area (Å²) in [6.45, 7) is 1.62. The van der Waals surface area contributed by atoms with Gasteiger partial charge in [-0.25, -0.2) is 28.9 Å². The highest BCUT2D eigenvalue weighted by Gasteiger charge is 2.15. The van der Waals surface area contributed by atoms with Gasteiger partial charge in [0.25, 0.3) is 6.43 Å². The van der Waals surface area contributed by atoms with Gasteiger partial charge in [-0.15, -0.1) is 0 Å². The van der Waals surface area contributed by atoms with E-state index in [1.54, 1.807) is 19.1 Å². The van der Waals surface area contributed by atoms with Crippen LogP contribution in [0.15, 0.2) is 34.0 Å². The number of nitrogens with zero attached hydrogens (tertiary/aromatic N) is 5. The zero-order chi connectivity index (χ0) is 18.0. The summed E-state index contributed by atoms with van der Waals surface area (Å²) >= 11 is 0. The van der Waals surface area contributed by atoms with Crippen LogP contribution in [0.2, 0.25) is 0 Å². The minimum Gasteiger partial charge on any atom is -0.463 e. The number of halogens is 3. The molecule has 7 nitrogen and oxygen atoms in total. The number of nitrogens with one attached hydrogen (secondary N) is 1. The molecule has 0 spiro atoms. The van der Waals surface area contributed by atoms with Crippen LogP contribution >= 0.6 is 0 Å². The minimum absolute atomic E-state index is 0.164. The first-order valence-corrected chi connectivity index (χ1v) is 7.15. The van der Waals surface area contributed by atoms with Crippen LogP contribution in [0.1, 0.15) is 23.4 Å². The lowest BCUT2D eigenvalue weighted by molar-refractivity contribution is 0.146. The number of rotatable bonds is 5. The van der Waals surface area contributed by atoms with Crippen molar-refractivity contribution in [3.63, 3.8) is 0 Å². The molecule has 0 bridgehead atoms. The monoisotopic (exact) mass is 350 g/mol. The van der Waals surface area contributed by atoms with Gasteiger partial charge < -0.3 is 4.42 Å². The lowest BCUT2D eigenvalue weighted by atomic mass is 10.2. The predicted octanol–water partition coefficient (Wildman–Crippen LogP) is 3.30. The number of anilines is 1. The van der Waals surface area contributed by atoms with E-state index in [4.69, 9.17) is 4.42 Å². The fourth-order valence-electron chi connectivity index (χ4n) is 2.13. The quantitative estimate of drug-likeness (QED) is 0.564. The summed E-state index contributed by atoms with van der Waals surface area (Å²) in [5, 5.41) is 7.70. The van der Waals surface area contributed by atoms with Gasteiger partial charge in [0.1, 0.15) is 11.4 Å². The summed E-state index contributed by atoms with van der Waals surface area (Å²) in [4.78, 5) is 7.74. The second kappa shape index (κ2) is 6.75. The Balaban J connectivity index is 1.88. The number of aromatic nitrogens is 4. The molecule has 3 heterocycles. The van der Waals surface area contributed by atoms with Crippen LogP contribution in [0, 0.1) is 12.9 Å². The van der Waals surface area contributed by atoms with E-state index >= 15 is 0 Å². The van der Waals surface area contributed by atoms with Crippen LogP contribution in [-0.2, 0) is 7.05 Å².